The van der Waals surface area contributed by atoms with Gasteiger partial charge < -0.3 is 12.6 Å². The lowest BCUT2D eigenvalue weighted by Crippen LogP contribution is -2.65. The van der Waals surface area contributed by atoms with Gasteiger partial charge in [0.2, 0.25) is 5.27 Å². The molecule has 28 heavy (non-hydrogen) atoms. The molecule has 150 valence electrons. The molecular formula is C17H18F3N5O2S. The van der Waals surface area contributed by atoms with E-state index in [1.807, 2.05) is 6.07 Å². The Morgan fingerprint density at radius 3 is 2.54 bits per heavy atom. The van der Waals surface area contributed by atoms with E-state index >= 15 is 0 Å². The Labute approximate surface area is 164 Å². The molecule has 1 aromatic carbocycles. The first-order chi connectivity index (χ1) is 13.3. The third kappa shape index (κ3) is 5.73. The van der Waals surface area contributed by atoms with Gasteiger partial charge in [0.1, 0.15) is 0 Å². The monoisotopic (exact) mass is 413 g/mol. The highest BCUT2D eigenvalue weighted by Crippen LogP contribution is 2.17. The third-order valence-corrected chi connectivity index (χ3v) is 4.36. The summed E-state index contributed by atoms with van der Waals surface area (Å²) in [6.07, 6.45) is -2.75. The first kappa shape index (κ1) is 20.2. The van der Waals surface area contributed by atoms with E-state index in [9.17, 15) is 18.0 Å². The Bertz CT molecular complexity index is 833. The summed E-state index contributed by atoms with van der Waals surface area (Å²) in [5, 5.41) is 5.72. The van der Waals surface area contributed by atoms with Crippen LogP contribution in [0, 0.1) is 0 Å². The van der Waals surface area contributed by atoms with Crippen LogP contribution in [0.25, 0.3) is 0 Å². The quantitative estimate of drug-likeness (QED) is 0.236. The van der Waals surface area contributed by atoms with Gasteiger partial charge in [-0.05, 0) is 0 Å². The molecule has 1 aliphatic heterocycles. The number of halogens is 3. The molecule has 1 fully saturated rings. The fraction of sp³-hybridized carbons (Fsp3) is 0.412. The smallest absolute Gasteiger partial charge is 0.401 e. The molecule has 1 aromatic heterocycles. The number of benzene rings is 1. The van der Waals surface area contributed by atoms with Gasteiger partial charge >= 0.3 is 12.1 Å². The van der Waals surface area contributed by atoms with Crippen molar-refractivity contribution >= 4 is 29.3 Å². The molecule has 0 atom stereocenters. The minimum Gasteiger partial charge on any atom is -0.764 e. The van der Waals surface area contributed by atoms with Crippen LogP contribution in [0.15, 0.2) is 46.0 Å². The second kappa shape index (κ2) is 8.65. The first-order valence-electron chi connectivity index (χ1n) is 8.56. The highest BCUT2D eigenvalue weighted by molar-refractivity contribution is 7.77. The van der Waals surface area contributed by atoms with Gasteiger partial charge in [-0.15, -0.1) is 0 Å². The number of ketones is 1. The number of carbonyl (C=O) groups is 1. The maximum absolute atomic E-state index is 12.4. The molecule has 7 nitrogen and oxygen atoms in total. The van der Waals surface area contributed by atoms with Crippen molar-refractivity contribution in [2.45, 2.75) is 12.6 Å². The number of hydrogen-bond donors (Lipinski definition) is 0. The Morgan fingerprint density at radius 1 is 1.21 bits per heavy atom. The zero-order valence-corrected chi connectivity index (χ0v) is 15.6. The number of rotatable bonds is 6. The lowest BCUT2D eigenvalue weighted by molar-refractivity contribution is -0.759. The maximum Gasteiger partial charge on any atom is 0.401 e. The summed E-state index contributed by atoms with van der Waals surface area (Å²) in [6, 6.07) is 8.75. The van der Waals surface area contributed by atoms with E-state index in [4.69, 9.17) is 17.2 Å². The number of nitrogens with zero attached hydrogens (tertiary/aromatic N) is 5. The Kier molecular flexibility index (Phi) is 6.25. The highest BCUT2D eigenvalue weighted by Gasteiger charge is 2.34. The molecule has 0 saturated carbocycles. The molecule has 1 saturated heterocycles. The molecule has 11 heteroatoms. The van der Waals surface area contributed by atoms with E-state index in [1.165, 1.54) is 15.9 Å². The third-order valence-electron chi connectivity index (χ3n) is 4.13. The molecule has 0 radical (unpaired) electrons. The minimum atomic E-state index is -4.21. The lowest BCUT2D eigenvalue weighted by atomic mass is 10.1. The normalized spacial score (nSPS) is 16.4. The van der Waals surface area contributed by atoms with E-state index < -0.39 is 12.7 Å². The van der Waals surface area contributed by atoms with Crippen molar-refractivity contribution in [2.75, 3.05) is 37.7 Å². The van der Waals surface area contributed by atoms with Crippen molar-refractivity contribution in [1.29, 1.82) is 0 Å². The van der Waals surface area contributed by atoms with Crippen LogP contribution in [-0.2, 0) is 12.6 Å². The molecule has 2 heterocycles. The summed E-state index contributed by atoms with van der Waals surface area (Å²) in [4.78, 5) is 18.9. The zero-order valence-electron chi connectivity index (χ0n) is 14.8. The van der Waals surface area contributed by atoms with Gasteiger partial charge in [-0.1, -0.05) is 35.4 Å². The average Bonchev–Trinajstić information content (AvgIpc) is 3.10. The predicted molar refractivity (Wildman–Crippen MR) is 97.0 cm³/mol. The van der Waals surface area contributed by atoms with Gasteiger partial charge in [-0.25, -0.2) is 4.99 Å². The van der Waals surface area contributed by atoms with Crippen LogP contribution < -0.4 is 9.80 Å². The first-order valence-corrected chi connectivity index (χ1v) is 8.97. The summed E-state index contributed by atoms with van der Waals surface area (Å²) in [5.41, 5.74) is 0.546. The molecule has 0 unspecified atom stereocenters. The van der Waals surface area contributed by atoms with Gasteiger partial charge in [0.15, 0.2) is 5.78 Å². The molecular weight excluding hydrogens is 395 g/mol. The fourth-order valence-electron chi connectivity index (χ4n) is 2.79. The van der Waals surface area contributed by atoms with E-state index in [0.29, 0.717) is 18.7 Å². The van der Waals surface area contributed by atoms with Crippen molar-refractivity contribution < 1.29 is 27.3 Å². The summed E-state index contributed by atoms with van der Waals surface area (Å²) in [7, 11) is 0. The van der Waals surface area contributed by atoms with Crippen LogP contribution in [0.5, 0.6) is 0 Å². The van der Waals surface area contributed by atoms with Gasteiger partial charge in [-0.2, -0.15) is 18.2 Å². The number of aromatic nitrogens is 2. The van der Waals surface area contributed by atoms with E-state index in [1.54, 1.807) is 29.3 Å². The molecule has 0 amide bonds. The Morgan fingerprint density at radius 2 is 1.89 bits per heavy atom. The number of hydrogen-bond acceptors (Lipinski definition) is 7. The largest absolute Gasteiger partial charge is 0.764 e. The average molecular weight is 413 g/mol. The second-order valence-corrected chi connectivity index (χ2v) is 6.75. The topological polar surface area (TPSA) is 65.8 Å². The van der Waals surface area contributed by atoms with Crippen LogP contribution in [0.2, 0.25) is 0 Å². The van der Waals surface area contributed by atoms with E-state index in [-0.39, 0.29) is 36.2 Å². The Balaban J connectivity index is 1.55. The maximum atomic E-state index is 12.4. The number of piperazine rings is 1. The zero-order chi connectivity index (χ0) is 20.1. The standard InChI is InChI=1S/C17H18F3N5O2S/c18-17(19,20)12-23-6-8-24(9-7-23)25-11-15(27-22-25)21-16(28)10-14(26)13-4-2-1-3-5-13/h1-5,11H,6-10,12H2. The van der Waals surface area contributed by atoms with Crippen molar-refractivity contribution in [3.05, 3.63) is 42.1 Å². The molecule has 0 aliphatic carbocycles. The number of Topliss-reactive ketones (excluding diaryl/α,β-unsaturated/α-hetero) is 1. The van der Waals surface area contributed by atoms with Crippen LogP contribution in [0.4, 0.5) is 19.1 Å². The Hall–Kier alpha value is -2.53. The van der Waals surface area contributed by atoms with Gasteiger partial charge in [-0.3, -0.25) is 14.2 Å². The molecule has 3 rings (SSSR count). The number of aliphatic imine (C=N–C) groups is 1. The molecule has 1 aliphatic rings. The number of carbonyl (C=O) groups excluding carboxylic acids is 1. The van der Waals surface area contributed by atoms with Gasteiger partial charge in [0.05, 0.1) is 24.4 Å². The number of alkyl halides is 3. The van der Waals surface area contributed by atoms with Gasteiger partial charge in [0, 0.05) is 25.1 Å². The van der Waals surface area contributed by atoms with Gasteiger partial charge in [0.25, 0.3) is 6.20 Å². The summed E-state index contributed by atoms with van der Waals surface area (Å²) >= 11 is 5.13. The predicted octanol–water partition coefficient (Wildman–Crippen LogP) is 1.63. The SMILES string of the molecule is O=C(CC([S-])=Nc1c[n+](N2CCN(CC(F)(F)F)CC2)no1)c1ccccc1. The van der Waals surface area contributed by atoms with Crippen molar-refractivity contribution in [1.82, 2.24) is 10.2 Å². The van der Waals surface area contributed by atoms with Crippen LogP contribution in [0.1, 0.15) is 16.8 Å². The van der Waals surface area contributed by atoms with Crippen molar-refractivity contribution in [2.24, 2.45) is 4.99 Å². The van der Waals surface area contributed by atoms with Crippen LogP contribution >= 0.6 is 0 Å². The fourth-order valence-corrected chi connectivity index (χ4v) is 3.01. The lowest BCUT2D eigenvalue weighted by Gasteiger charge is -2.30. The molecule has 2 aromatic rings. The van der Waals surface area contributed by atoms with Crippen LogP contribution in [-0.4, -0.2) is 59.9 Å². The van der Waals surface area contributed by atoms with Crippen molar-refractivity contribution in [3.8, 4) is 0 Å². The van der Waals surface area contributed by atoms with Crippen molar-refractivity contribution in [3.63, 3.8) is 0 Å². The molecule has 0 spiro atoms. The summed E-state index contributed by atoms with van der Waals surface area (Å²) in [5.74, 6) is -0.0221. The highest BCUT2D eigenvalue weighted by atomic mass is 32.1. The minimum absolute atomic E-state index is 0.0316. The summed E-state index contributed by atoms with van der Waals surface area (Å²) in [6.45, 7) is 0.327. The van der Waals surface area contributed by atoms with E-state index in [2.05, 4.69) is 10.3 Å². The summed E-state index contributed by atoms with van der Waals surface area (Å²) < 4.78 is 42.4. The van der Waals surface area contributed by atoms with E-state index in [0.717, 1.165) is 0 Å². The second-order valence-electron chi connectivity index (χ2n) is 6.28. The molecule has 0 bridgehead atoms. The van der Waals surface area contributed by atoms with Crippen LogP contribution in [0.3, 0.4) is 0 Å². The molecule has 0 N–H and O–H groups in total.